The zero-order chi connectivity index (χ0) is 19.9. The summed E-state index contributed by atoms with van der Waals surface area (Å²) in [7, 11) is 0. The van der Waals surface area contributed by atoms with Crippen molar-refractivity contribution in [2.75, 3.05) is 18.0 Å². The molecule has 2 aromatic rings. The predicted octanol–water partition coefficient (Wildman–Crippen LogP) is 2.90. The van der Waals surface area contributed by atoms with E-state index in [1.54, 1.807) is 12.1 Å². The van der Waals surface area contributed by atoms with Gasteiger partial charge in [0.1, 0.15) is 11.9 Å². The number of halogens is 1. The number of benzene rings is 2. The molecule has 1 aliphatic carbocycles. The minimum atomic E-state index is -0.551. The molecule has 0 aromatic heterocycles. The van der Waals surface area contributed by atoms with Gasteiger partial charge in [0.2, 0.25) is 5.91 Å². The van der Waals surface area contributed by atoms with Crippen LogP contribution in [-0.2, 0) is 15.1 Å². The molecule has 2 amide bonds. The summed E-state index contributed by atoms with van der Waals surface area (Å²) in [6.07, 6.45) is 0.941. The molecule has 3 N–H and O–H groups in total. The predicted molar refractivity (Wildman–Crippen MR) is 103 cm³/mol. The number of amides is 2. The van der Waals surface area contributed by atoms with Gasteiger partial charge in [-0.1, -0.05) is 24.3 Å². The summed E-state index contributed by atoms with van der Waals surface area (Å²) in [6.45, 7) is 1.88. The van der Waals surface area contributed by atoms with Crippen molar-refractivity contribution in [3.8, 4) is 11.1 Å². The topological polar surface area (TPSA) is 84.7 Å². The van der Waals surface area contributed by atoms with Gasteiger partial charge in [0.15, 0.2) is 0 Å². The summed E-state index contributed by atoms with van der Waals surface area (Å²) in [5.41, 5.74) is 8.68. The van der Waals surface area contributed by atoms with Crippen molar-refractivity contribution < 1.29 is 18.7 Å². The van der Waals surface area contributed by atoms with Gasteiger partial charge in [0, 0.05) is 18.0 Å². The molecule has 1 aliphatic heterocycles. The second-order valence-corrected chi connectivity index (χ2v) is 7.45. The number of cyclic esters (lactones) is 1. The summed E-state index contributed by atoms with van der Waals surface area (Å²) in [4.78, 5) is 24.5. The minimum Gasteiger partial charge on any atom is -0.442 e. The highest BCUT2D eigenvalue weighted by atomic mass is 19.1. The van der Waals surface area contributed by atoms with Crippen molar-refractivity contribution in [3.63, 3.8) is 0 Å². The first-order valence-electron chi connectivity index (χ1n) is 9.28. The fraction of sp³-hybridized carbons (Fsp3) is 0.333. The van der Waals surface area contributed by atoms with E-state index in [1.807, 2.05) is 24.3 Å². The minimum absolute atomic E-state index is 0.196. The van der Waals surface area contributed by atoms with Gasteiger partial charge in [-0.2, -0.15) is 0 Å². The van der Waals surface area contributed by atoms with Gasteiger partial charge < -0.3 is 15.8 Å². The van der Waals surface area contributed by atoms with Crippen molar-refractivity contribution in [1.29, 1.82) is 0 Å². The van der Waals surface area contributed by atoms with Gasteiger partial charge in [-0.25, -0.2) is 9.18 Å². The third kappa shape index (κ3) is 3.57. The van der Waals surface area contributed by atoms with Gasteiger partial charge in [-0.15, -0.1) is 0 Å². The summed E-state index contributed by atoms with van der Waals surface area (Å²) in [6, 6.07) is 12.3. The number of anilines is 1. The standard InChI is InChI=1S/C21H22FN3O3/c1-13(26)24-11-17-12-25(20(27)28-17)16-6-7-18(19(22)10-16)14-2-4-15(5-3-14)21(23)8-9-21/h2-7,10,17H,8-9,11-12,23H2,1H3,(H,24,26)/t17-/m0/s1. The third-order valence-corrected chi connectivity index (χ3v) is 5.28. The van der Waals surface area contributed by atoms with Gasteiger partial charge in [0.05, 0.1) is 18.8 Å². The molecule has 1 heterocycles. The number of hydrogen-bond acceptors (Lipinski definition) is 4. The number of nitrogens with zero attached hydrogens (tertiary/aromatic N) is 1. The average molecular weight is 383 g/mol. The fourth-order valence-corrected chi connectivity index (χ4v) is 3.41. The molecule has 146 valence electrons. The van der Waals surface area contributed by atoms with Crippen LogP contribution in [0.25, 0.3) is 11.1 Å². The summed E-state index contributed by atoms with van der Waals surface area (Å²) < 4.78 is 20.0. The van der Waals surface area contributed by atoms with Crippen LogP contribution in [0.5, 0.6) is 0 Å². The first-order chi connectivity index (χ1) is 13.4. The Morgan fingerprint density at radius 1 is 1.29 bits per heavy atom. The van der Waals surface area contributed by atoms with E-state index in [2.05, 4.69) is 5.32 Å². The molecule has 2 aromatic carbocycles. The lowest BCUT2D eigenvalue weighted by atomic mass is 9.99. The summed E-state index contributed by atoms with van der Waals surface area (Å²) >= 11 is 0. The average Bonchev–Trinajstić information content (AvgIpc) is 3.31. The first-order valence-corrected chi connectivity index (χ1v) is 9.28. The second kappa shape index (κ2) is 6.91. The van der Waals surface area contributed by atoms with Crippen LogP contribution in [0.1, 0.15) is 25.3 Å². The highest BCUT2D eigenvalue weighted by molar-refractivity contribution is 5.90. The number of nitrogens with two attached hydrogens (primary N) is 1. The molecule has 2 fully saturated rings. The number of ether oxygens (including phenoxy) is 1. The zero-order valence-electron chi connectivity index (χ0n) is 15.6. The van der Waals surface area contributed by atoms with Crippen LogP contribution in [0.2, 0.25) is 0 Å². The maximum Gasteiger partial charge on any atom is 0.414 e. The molecule has 1 saturated carbocycles. The molecule has 6 nitrogen and oxygen atoms in total. The van der Waals surface area contributed by atoms with Crippen LogP contribution in [0, 0.1) is 5.82 Å². The second-order valence-electron chi connectivity index (χ2n) is 7.45. The van der Waals surface area contributed by atoms with Gasteiger partial charge >= 0.3 is 6.09 Å². The molecule has 4 rings (SSSR count). The summed E-state index contributed by atoms with van der Waals surface area (Å²) in [5, 5.41) is 2.62. The Morgan fingerprint density at radius 3 is 2.61 bits per heavy atom. The smallest absolute Gasteiger partial charge is 0.414 e. The first kappa shape index (κ1) is 18.4. The molecule has 0 spiro atoms. The van der Waals surface area contributed by atoms with E-state index in [0.29, 0.717) is 11.3 Å². The fourth-order valence-electron chi connectivity index (χ4n) is 3.41. The molecule has 0 radical (unpaired) electrons. The Hall–Kier alpha value is -2.93. The summed E-state index contributed by atoms with van der Waals surface area (Å²) in [5.74, 6) is -0.615. The van der Waals surface area contributed by atoms with E-state index in [9.17, 15) is 14.0 Å². The van der Waals surface area contributed by atoms with E-state index >= 15 is 0 Å². The SMILES string of the molecule is CC(=O)NC[C@H]1CN(c2ccc(-c3ccc(C4(N)CC4)cc3)c(F)c2)C(=O)O1. The number of rotatable bonds is 5. The van der Waals surface area contributed by atoms with E-state index in [4.69, 9.17) is 10.5 Å². The van der Waals surface area contributed by atoms with E-state index in [1.165, 1.54) is 17.9 Å². The maximum absolute atomic E-state index is 14.8. The lowest BCUT2D eigenvalue weighted by Gasteiger charge is -2.15. The van der Waals surface area contributed by atoms with E-state index in [0.717, 1.165) is 24.0 Å². The molecule has 1 saturated heterocycles. The van der Waals surface area contributed by atoms with Crippen molar-refractivity contribution >= 4 is 17.7 Å². The lowest BCUT2D eigenvalue weighted by molar-refractivity contribution is -0.119. The Bertz CT molecular complexity index is 925. The van der Waals surface area contributed by atoms with E-state index in [-0.39, 0.29) is 24.5 Å². The molecular formula is C21H22FN3O3. The Labute approximate surface area is 162 Å². The van der Waals surface area contributed by atoms with Crippen molar-refractivity contribution in [3.05, 3.63) is 53.8 Å². The highest BCUT2D eigenvalue weighted by Gasteiger charge is 2.39. The van der Waals surface area contributed by atoms with Crippen LogP contribution in [0.3, 0.4) is 0 Å². The number of hydrogen-bond donors (Lipinski definition) is 2. The Morgan fingerprint density at radius 2 is 2.00 bits per heavy atom. The number of carbonyl (C=O) groups is 2. The molecule has 1 atom stereocenters. The molecule has 2 aliphatic rings. The van der Waals surface area contributed by atoms with Crippen LogP contribution in [0.4, 0.5) is 14.9 Å². The maximum atomic E-state index is 14.8. The van der Waals surface area contributed by atoms with Gasteiger partial charge in [-0.3, -0.25) is 9.69 Å². The van der Waals surface area contributed by atoms with Crippen LogP contribution in [0.15, 0.2) is 42.5 Å². The normalized spacial score (nSPS) is 20.0. The van der Waals surface area contributed by atoms with Crippen molar-refractivity contribution in [1.82, 2.24) is 5.32 Å². The molecule has 0 bridgehead atoms. The van der Waals surface area contributed by atoms with Crippen LogP contribution >= 0.6 is 0 Å². The van der Waals surface area contributed by atoms with Crippen LogP contribution < -0.4 is 16.0 Å². The highest BCUT2D eigenvalue weighted by Crippen LogP contribution is 2.43. The Balaban J connectivity index is 1.50. The van der Waals surface area contributed by atoms with Crippen molar-refractivity contribution in [2.45, 2.75) is 31.4 Å². The monoisotopic (exact) mass is 383 g/mol. The largest absolute Gasteiger partial charge is 0.442 e. The van der Waals surface area contributed by atoms with Gasteiger partial charge in [0.25, 0.3) is 0 Å². The number of nitrogens with one attached hydrogen (secondary N) is 1. The van der Waals surface area contributed by atoms with Crippen molar-refractivity contribution in [2.24, 2.45) is 5.73 Å². The number of carbonyl (C=O) groups excluding carboxylic acids is 2. The Kier molecular flexibility index (Phi) is 4.55. The van der Waals surface area contributed by atoms with Crippen LogP contribution in [-0.4, -0.2) is 31.2 Å². The van der Waals surface area contributed by atoms with E-state index < -0.39 is 18.0 Å². The lowest BCUT2D eigenvalue weighted by Crippen LogP contribution is -2.33. The quantitative estimate of drug-likeness (QED) is 0.831. The third-order valence-electron chi connectivity index (χ3n) is 5.28. The zero-order valence-corrected chi connectivity index (χ0v) is 15.6. The molecular weight excluding hydrogens is 361 g/mol. The molecule has 28 heavy (non-hydrogen) atoms. The molecule has 0 unspecified atom stereocenters. The van der Waals surface area contributed by atoms with Gasteiger partial charge in [-0.05, 0) is 42.2 Å². The molecule has 7 heteroatoms.